The molecule has 0 saturated heterocycles. The molecule has 1 aliphatic rings. The Morgan fingerprint density at radius 3 is 2.47 bits per heavy atom. The summed E-state index contributed by atoms with van der Waals surface area (Å²) in [7, 11) is 0. The maximum Gasteiger partial charge on any atom is 0.341 e. The van der Waals surface area contributed by atoms with Crippen molar-refractivity contribution in [2.45, 2.75) is 13.2 Å². The van der Waals surface area contributed by atoms with Gasteiger partial charge in [0.05, 0.1) is 24.1 Å². The Morgan fingerprint density at radius 1 is 0.971 bits per heavy atom. The average molecular weight is 467 g/mol. The molecule has 2 heterocycles. The zero-order valence-electron chi connectivity index (χ0n) is 17.5. The van der Waals surface area contributed by atoms with Crippen molar-refractivity contribution in [3.63, 3.8) is 0 Å². The van der Waals surface area contributed by atoms with Gasteiger partial charge in [-0.25, -0.2) is 18.0 Å². The van der Waals surface area contributed by atoms with Gasteiger partial charge in [-0.3, -0.25) is 4.79 Å². The number of carboxylic acid groups (broad SMARTS) is 1. The number of carbonyl (C=O) groups is 1. The van der Waals surface area contributed by atoms with Gasteiger partial charge in [-0.1, -0.05) is 18.2 Å². The number of hydrogen-bond donors (Lipinski definition) is 1. The van der Waals surface area contributed by atoms with Crippen LogP contribution in [0.1, 0.15) is 21.5 Å². The highest BCUT2D eigenvalue weighted by Gasteiger charge is 2.21. The number of halogens is 3. The van der Waals surface area contributed by atoms with Crippen LogP contribution >= 0.6 is 0 Å². The molecule has 4 aromatic rings. The maximum absolute atomic E-state index is 15.1. The van der Waals surface area contributed by atoms with Crippen molar-refractivity contribution < 1.29 is 32.5 Å². The molecule has 0 atom stereocenters. The molecular formula is C25H16F3NO5. The van der Waals surface area contributed by atoms with Crippen LogP contribution in [0, 0.1) is 17.5 Å². The Kier molecular flexibility index (Phi) is 5.33. The number of benzene rings is 3. The van der Waals surface area contributed by atoms with Gasteiger partial charge >= 0.3 is 5.97 Å². The molecule has 5 rings (SSSR count). The molecule has 0 aliphatic carbocycles. The first-order valence-electron chi connectivity index (χ1n) is 10.2. The number of carboxylic acids is 1. The summed E-state index contributed by atoms with van der Waals surface area (Å²) in [4.78, 5) is 23.9. The van der Waals surface area contributed by atoms with Crippen LogP contribution in [0.15, 0.2) is 59.5 Å². The molecule has 1 N–H and O–H groups in total. The number of ether oxygens (including phenoxy) is 2. The van der Waals surface area contributed by atoms with E-state index in [1.807, 2.05) is 6.07 Å². The lowest BCUT2D eigenvalue weighted by Gasteiger charge is -2.18. The van der Waals surface area contributed by atoms with Crippen LogP contribution in [0.4, 0.5) is 13.2 Å². The van der Waals surface area contributed by atoms with Gasteiger partial charge in [0.15, 0.2) is 6.79 Å². The molecule has 34 heavy (non-hydrogen) atoms. The number of fused-ring (bicyclic) bond motifs is 2. The van der Waals surface area contributed by atoms with Gasteiger partial charge < -0.3 is 19.1 Å². The van der Waals surface area contributed by atoms with E-state index in [2.05, 4.69) is 0 Å². The molecule has 1 aromatic heterocycles. The Balaban J connectivity index is 1.57. The van der Waals surface area contributed by atoms with Crippen LogP contribution < -0.4 is 10.2 Å². The molecule has 0 spiro atoms. The van der Waals surface area contributed by atoms with Crippen molar-refractivity contribution in [2.75, 3.05) is 6.79 Å². The van der Waals surface area contributed by atoms with E-state index in [-0.39, 0.29) is 18.9 Å². The molecular weight excluding hydrogens is 451 g/mol. The first kappa shape index (κ1) is 21.7. The lowest BCUT2D eigenvalue weighted by Crippen LogP contribution is -2.21. The minimum atomic E-state index is -1.60. The summed E-state index contributed by atoms with van der Waals surface area (Å²) in [6.45, 7) is 0.218. The summed E-state index contributed by atoms with van der Waals surface area (Å²) in [6, 6.07) is 11.4. The molecule has 3 aromatic carbocycles. The second kappa shape index (κ2) is 8.35. The number of rotatable bonds is 4. The number of nitrogens with zero attached hydrogens (tertiary/aromatic N) is 1. The lowest BCUT2D eigenvalue weighted by molar-refractivity contribution is -0.0163. The van der Waals surface area contributed by atoms with E-state index in [1.165, 1.54) is 12.1 Å². The van der Waals surface area contributed by atoms with Gasteiger partial charge in [-0.15, -0.1) is 0 Å². The lowest BCUT2D eigenvalue weighted by atomic mass is 10.0. The van der Waals surface area contributed by atoms with Crippen molar-refractivity contribution in [1.82, 2.24) is 4.57 Å². The Bertz CT molecular complexity index is 1530. The first-order chi connectivity index (χ1) is 16.3. The molecule has 0 fully saturated rings. The molecule has 172 valence electrons. The summed E-state index contributed by atoms with van der Waals surface area (Å²) < 4.78 is 55.7. The fraction of sp³-hybridized carbons (Fsp3) is 0.120. The van der Waals surface area contributed by atoms with Crippen molar-refractivity contribution in [1.29, 1.82) is 0 Å². The fourth-order valence-corrected chi connectivity index (χ4v) is 4.04. The van der Waals surface area contributed by atoms with E-state index < -0.39 is 45.3 Å². The second-order valence-electron chi connectivity index (χ2n) is 7.80. The third-order valence-corrected chi connectivity index (χ3v) is 5.69. The Hall–Kier alpha value is -4.11. The van der Waals surface area contributed by atoms with Gasteiger partial charge in [0.2, 0.25) is 5.43 Å². The fourth-order valence-electron chi connectivity index (χ4n) is 4.04. The average Bonchev–Trinajstić information content (AvgIpc) is 2.83. The molecule has 0 saturated carbocycles. The Labute approximate surface area is 190 Å². The Morgan fingerprint density at radius 2 is 1.71 bits per heavy atom. The molecule has 0 radical (unpaired) electrons. The van der Waals surface area contributed by atoms with Crippen LogP contribution in [0.3, 0.4) is 0 Å². The van der Waals surface area contributed by atoms with Crippen LogP contribution in [0.5, 0.6) is 5.75 Å². The van der Waals surface area contributed by atoms with Crippen LogP contribution in [-0.2, 0) is 17.9 Å². The first-order valence-corrected chi connectivity index (χ1v) is 10.2. The number of aromatic carboxylic acids is 1. The highest BCUT2D eigenvalue weighted by atomic mass is 19.1. The quantitative estimate of drug-likeness (QED) is 0.471. The van der Waals surface area contributed by atoms with E-state index in [1.54, 1.807) is 18.2 Å². The molecule has 0 unspecified atom stereocenters. The van der Waals surface area contributed by atoms with E-state index in [9.17, 15) is 23.5 Å². The van der Waals surface area contributed by atoms with Gasteiger partial charge in [0, 0.05) is 17.3 Å². The summed E-state index contributed by atoms with van der Waals surface area (Å²) in [5.74, 6) is -3.53. The highest BCUT2D eigenvalue weighted by molar-refractivity contribution is 5.93. The second-order valence-corrected chi connectivity index (χ2v) is 7.80. The topological polar surface area (TPSA) is 77.8 Å². The third kappa shape index (κ3) is 3.69. The van der Waals surface area contributed by atoms with Gasteiger partial charge in [0.1, 0.15) is 28.8 Å². The smallest absolute Gasteiger partial charge is 0.341 e. The van der Waals surface area contributed by atoms with E-state index in [0.717, 1.165) is 34.0 Å². The SMILES string of the molecule is O=C(O)c1cn(Cc2ccc(-c3ccc4c(c3)COCO4)cc2F)c2c(F)ccc(F)c2c1=O. The van der Waals surface area contributed by atoms with Crippen molar-refractivity contribution in [2.24, 2.45) is 0 Å². The zero-order valence-corrected chi connectivity index (χ0v) is 17.5. The van der Waals surface area contributed by atoms with Crippen LogP contribution in [0.25, 0.3) is 22.0 Å². The predicted molar refractivity (Wildman–Crippen MR) is 116 cm³/mol. The van der Waals surface area contributed by atoms with E-state index in [0.29, 0.717) is 17.9 Å². The van der Waals surface area contributed by atoms with E-state index in [4.69, 9.17) is 9.47 Å². The highest BCUT2D eigenvalue weighted by Crippen LogP contribution is 2.30. The zero-order chi connectivity index (χ0) is 24.0. The standard InChI is InChI=1S/C25H16F3NO5/c26-18-4-5-19(27)23-22(18)24(30)17(25(31)32)10-29(23)9-15-2-1-14(8-20(15)28)13-3-6-21-16(7-13)11-33-12-34-21/h1-8,10H,9,11-12H2,(H,31,32). The molecule has 9 heteroatoms. The monoisotopic (exact) mass is 467 g/mol. The van der Waals surface area contributed by atoms with Gasteiger partial charge in [0.25, 0.3) is 0 Å². The van der Waals surface area contributed by atoms with E-state index >= 15 is 4.39 Å². The number of pyridine rings is 1. The van der Waals surface area contributed by atoms with Gasteiger partial charge in [-0.05, 0) is 41.5 Å². The molecule has 6 nitrogen and oxygen atoms in total. The van der Waals surface area contributed by atoms with Gasteiger partial charge in [-0.2, -0.15) is 0 Å². The minimum Gasteiger partial charge on any atom is -0.477 e. The summed E-state index contributed by atoms with van der Waals surface area (Å²) >= 11 is 0. The molecule has 0 bridgehead atoms. The van der Waals surface area contributed by atoms with Crippen LogP contribution in [-0.4, -0.2) is 22.4 Å². The van der Waals surface area contributed by atoms with Crippen molar-refractivity contribution >= 4 is 16.9 Å². The molecule has 1 aliphatic heterocycles. The number of hydrogen-bond acceptors (Lipinski definition) is 4. The third-order valence-electron chi connectivity index (χ3n) is 5.69. The number of aromatic nitrogens is 1. The predicted octanol–water partition coefficient (Wildman–Crippen LogP) is 4.70. The normalized spacial score (nSPS) is 12.9. The minimum absolute atomic E-state index is 0.0957. The van der Waals surface area contributed by atoms with Crippen molar-refractivity contribution in [3.8, 4) is 16.9 Å². The summed E-state index contributed by atoms with van der Waals surface area (Å²) in [5.41, 5.74) is -0.103. The molecule has 0 amide bonds. The summed E-state index contributed by atoms with van der Waals surface area (Å²) in [5, 5.41) is 8.66. The van der Waals surface area contributed by atoms with Crippen molar-refractivity contribution in [3.05, 3.63) is 99.1 Å². The largest absolute Gasteiger partial charge is 0.477 e. The van der Waals surface area contributed by atoms with Crippen LogP contribution in [0.2, 0.25) is 0 Å². The maximum atomic E-state index is 15.1. The summed E-state index contributed by atoms with van der Waals surface area (Å²) in [6.07, 6.45) is 0.895.